The molecule has 6 nitrogen and oxygen atoms in total. The highest BCUT2D eigenvalue weighted by atomic mass is 16.5. The molecule has 1 amide bonds. The minimum absolute atomic E-state index is 0.00517. The van der Waals surface area contributed by atoms with Crippen LogP contribution < -0.4 is 20.3 Å². The fraction of sp³-hybridized carbons (Fsp3) is 0.406. The molecule has 0 saturated heterocycles. The van der Waals surface area contributed by atoms with Crippen LogP contribution in [0.1, 0.15) is 49.0 Å². The van der Waals surface area contributed by atoms with E-state index in [9.17, 15) is 4.79 Å². The normalized spacial score (nSPS) is 16.3. The predicted molar refractivity (Wildman–Crippen MR) is 158 cm³/mol. The summed E-state index contributed by atoms with van der Waals surface area (Å²) < 4.78 is 6.40. The minimum Gasteiger partial charge on any atom is -0.493 e. The summed E-state index contributed by atoms with van der Waals surface area (Å²) in [5.74, 6) is 0.778. The van der Waals surface area contributed by atoms with Gasteiger partial charge in [-0.05, 0) is 99.8 Å². The van der Waals surface area contributed by atoms with Gasteiger partial charge in [-0.25, -0.2) is 0 Å². The Hall–Kier alpha value is -3.51. The lowest BCUT2D eigenvalue weighted by atomic mass is 9.99. The number of nitrogens with one attached hydrogen (secondary N) is 2. The molecule has 2 aliphatic heterocycles. The molecule has 2 heterocycles. The maximum absolute atomic E-state index is 13.9. The van der Waals surface area contributed by atoms with Crippen molar-refractivity contribution in [2.24, 2.45) is 0 Å². The second-order valence-electron chi connectivity index (χ2n) is 10.6. The van der Waals surface area contributed by atoms with E-state index in [0.29, 0.717) is 24.8 Å². The van der Waals surface area contributed by atoms with Crippen molar-refractivity contribution in [3.05, 3.63) is 71.8 Å². The van der Waals surface area contributed by atoms with Crippen LogP contribution in [0.3, 0.4) is 0 Å². The lowest BCUT2D eigenvalue weighted by Crippen LogP contribution is -2.32. The van der Waals surface area contributed by atoms with Gasteiger partial charge in [0, 0.05) is 42.5 Å². The number of hydrogen-bond acceptors (Lipinski definition) is 5. The average Bonchev–Trinajstić information content (AvgIpc) is 3.33. The lowest BCUT2D eigenvalue weighted by molar-refractivity contribution is 0.0986. The van der Waals surface area contributed by atoms with Crippen LogP contribution in [0.2, 0.25) is 0 Å². The largest absolute Gasteiger partial charge is 0.493 e. The molecule has 0 aromatic heterocycles. The molecule has 38 heavy (non-hydrogen) atoms. The van der Waals surface area contributed by atoms with E-state index in [0.717, 1.165) is 73.6 Å². The van der Waals surface area contributed by atoms with Gasteiger partial charge in [-0.2, -0.15) is 0 Å². The zero-order chi connectivity index (χ0) is 26.5. The summed E-state index contributed by atoms with van der Waals surface area (Å²) in [6.45, 7) is 8.70. The fourth-order valence-electron chi connectivity index (χ4n) is 5.47. The highest BCUT2D eigenvalue weighted by Crippen LogP contribution is 2.36. The Kier molecular flexibility index (Phi) is 8.18. The third-order valence-electron chi connectivity index (χ3n) is 7.53. The number of nitrogens with zero attached hydrogens (tertiary/aromatic N) is 2. The van der Waals surface area contributed by atoms with E-state index < -0.39 is 0 Å². The number of carbonyl (C=O) groups excluding carboxylic acids is 1. The number of benzene rings is 3. The van der Waals surface area contributed by atoms with Crippen LogP contribution in [-0.2, 0) is 6.42 Å². The molecule has 0 spiro atoms. The van der Waals surface area contributed by atoms with Gasteiger partial charge in [0.2, 0.25) is 0 Å². The molecule has 2 N–H and O–H groups in total. The van der Waals surface area contributed by atoms with E-state index >= 15 is 0 Å². The average molecular weight is 513 g/mol. The van der Waals surface area contributed by atoms with Gasteiger partial charge in [-0.1, -0.05) is 25.1 Å². The summed E-state index contributed by atoms with van der Waals surface area (Å²) in [6.07, 6.45) is 3.99. The zero-order valence-corrected chi connectivity index (χ0v) is 22.9. The van der Waals surface area contributed by atoms with Crippen LogP contribution >= 0.6 is 0 Å². The van der Waals surface area contributed by atoms with Crippen molar-refractivity contribution in [2.45, 2.75) is 45.6 Å². The zero-order valence-electron chi connectivity index (χ0n) is 22.9. The Balaban J connectivity index is 1.43. The second kappa shape index (κ2) is 11.9. The van der Waals surface area contributed by atoms with Crippen molar-refractivity contribution in [1.82, 2.24) is 4.90 Å². The van der Waals surface area contributed by atoms with Gasteiger partial charge in [0.15, 0.2) is 0 Å². The predicted octanol–water partition coefficient (Wildman–Crippen LogP) is 6.28. The molecule has 200 valence electrons. The van der Waals surface area contributed by atoms with Gasteiger partial charge >= 0.3 is 0 Å². The first-order valence-corrected chi connectivity index (χ1v) is 14.0. The summed E-state index contributed by atoms with van der Waals surface area (Å²) >= 11 is 0. The van der Waals surface area contributed by atoms with Crippen molar-refractivity contribution in [3.8, 4) is 16.9 Å². The van der Waals surface area contributed by atoms with E-state index in [1.165, 1.54) is 11.3 Å². The molecule has 0 saturated carbocycles. The van der Waals surface area contributed by atoms with Gasteiger partial charge in [0.05, 0.1) is 18.0 Å². The van der Waals surface area contributed by atoms with E-state index in [1.807, 2.05) is 41.3 Å². The first-order chi connectivity index (χ1) is 18.5. The molecule has 6 heteroatoms. The highest BCUT2D eigenvalue weighted by Gasteiger charge is 2.25. The Bertz CT molecular complexity index is 1270. The molecule has 0 aliphatic carbocycles. The lowest BCUT2D eigenvalue weighted by Gasteiger charge is -2.23. The maximum Gasteiger partial charge on any atom is 0.258 e. The van der Waals surface area contributed by atoms with Gasteiger partial charge in [-0.15, -0.1) is 0 Å². The first-order valence-electron chi connectivity index (χ1n) is 14.0. The van der Waals surface area contributed by atoms with E-state index in [1.54, 1.807) is 0 Å². The Morgan fingerprint density at radius 1 is 1.08 bits per heavy atom. The second-order valence-corrected chi connectivity index (χ2v) is 10.6. The molecule has 2 aliphatic rings. The SMILES string of the molecule is CCCN(C)CCCOc1cc(C(=O)N2CC[C@H](C)Nc3ccccc32)ccc1-c1ccc2c(c1)CCN2. The molecule has 3 aromatic carbocycles. The summed E-state index contributed by atoms with van der Waals surface area (Å²) in [7, 11) is 2.15. The third-order valence-corrected chi connectivity index (χ3v) is 7.53. The van der Waals surface area contributed by atoms with Crippen LogP contribution in [0.25, 0.3) is 11.1 Å². The van der Waals surface area contributed by atoms with Crippen molar-refractivity contribution in [1.29, 1.82) is 0 Å². The minimum atomic E-state index is 0.00517. The molecule has 1 atom stereocenters. The highest BCUT2D eigenvalue weighted by molar-refractivity contribution is 6.08. The smallest absolute Gasteiger partial charge is 0.258 e. The van der Waals surface area contributed by atoms with Crippen molar-refractivity contribution in [2.75, 3.05) is 55.4 Å². The van der Waals surface area contributed by atoms with Crippen LogP contribution in [0.15, 0.2) is 60.7 Å². The van der Waals surface area contributed by atoms with Crippen molar-refractivity contribution in [3.63, 3.8) is 0 Å². The Morgan fingerprint density at radius 3 is 2.82 bits per heavy atom. The number of para-hydroxylation sites is 2. The molecular formula is C32H40N4O2. The maximum atomic E-state index is 13.9. The summed E-state index contributed by atoms with van der Waals surface area (Å²) in [4.78, 5) is 18.1. The summed E-state index contributed by atoms with van der Waals surface area (Å²) in [5.41, 5.74) is 7.29. The third kappa shape index (κ3) is 5.81. The fourth-order valence-corrected chi connectivity index (χ4v) is 5.47. The quantitative estimate of drug-likeness (QED) is 0.330. The number of anilines is 3. The standard InChI is InChI=1S/C32H40N4O2/c1-4-17-35(3)18-7-20-38-31-22-26(10-12-27(31)24-11-13-28-25(21-24)14-16-33-28)32(37)36-19-15-23(2)34-29-8-5-6-9-30(29)36/h5-6,8-13,21-23,33-34H,4,7,14-20H2,1-3H3/t23-/m0/s1. The molecular weight excluding hydrogens is 472 g/mol. The van der Waals surface area contributed by atoms with Crippen LogP contribution in [0.5, 0.6) is 5.75 Å². The molecule has 0 bridgehead atoms. The van der Waals surface area contributed by atoms with Crippen molar-refractivity contribution < 1.29 is 9.53 Å². The van der Waals surface area contributed by atoms with Gasteiger partial charge in [0.1, 0.15) is 5.75 Å². The van der Waals surface area contributed by atoms with Crippen LogP contribution in [-0.4, -0.2) is 56.7 Å². The van der Waals surface area contributed by atoms with Crippen LogP contribution in [0, 0.1) is 0 Å². The topological polar surface area (TPSA) is 56.8 Å². The summed E-state index contributed by atoms with van der Waals surface area (Å²) in [5, 5.41) is 6.99. The van der Waals surface area contributed by atoms with Gasteiger partial charge < -0.3 is 25.2 Å². The van der Waals surface area contributed by atoms with E-state index in [4.69, 9.17) is 4.74 Å². The van der Waals surface area contributed by atoms with Gasteiger partial charge in [-0.3, -0.25) is 4.79 Å². The monoisotopic (exact) mass is 512 g/mol. The Labute approximate surface area is 227 Å². The number of carbonyl (C=O) groups is 1. The molecule has 5 rings (SSSR count). The number of ether oxygens (including phenoxy) is 1. The molecule has 0 unspecified atom stereocenters. The molecule has 0 radical (unpaired) electrons. The Morgan fingerprint density at radius 2 is 1.95 bits per heavy atom. The first kappa shape index (κ1) is 26.1. The molecule has 0 fully saturated rings. The number of hydrogen-bond donors (Lipinski definition) is 2. The number of rotatable bonds is 9. The summed E-state index contributed by atoms with van der Waals surface area (Å²) in [6, 6.07) is 20.9. The van der Waals surface area contributed by atoms with E-state index in [2.05, 4.69) is 60.7 Å². The van der Waals surface area contributed by atoms with Crippen LogP contribution in [0.4, 0.5) is 17.1 Å². The van der Waals surface area contributed by atoms with Gasteiger partial charge in [0.25, 0.3) is 5.91 Å². The number of amides is 1. The van der Waals surface area contributed by atoms with Crippen molar-refractivity contribution >= 4 is 23.0 Å². The number of fused-ring (bicyclic) bond motifs is 2. The molecule has 3 aromatic rings. The van der Waals surface area contributed by atoms with E-state index in [-0.39, 0.29) is 5.91 Å².